The molecule has 1 fully saturated rings. The highest BCUT2D eigenvalue weighted by Crippen LogP contribution is 2.42. The molecule has 1 saturated heterocycles. The van der Waals surface area contributed by atoms with Gasteiger partial charge in [0.2, 0.25) is 0 Å². The van der Waals surface area contributed by atoms with Crippen LogP contribution < -0.4 is 9.47 Å². The van der Waals surface area contributed by atoms with E-state index in [1.807, 2.05) is 35.2 Å². The summed E-state index contributed by atoms with van der Waals surface area (Å²) in [5, 5.41) is 9.66. The van der Waals surface area contributed by atoms with Gasteiger partial charge in [-0.05, 0) is 42.7 Å². The van der Waals surface area contributed by atoms with Crippen molar-refractivity contribution in [1.82, 2.24) is 9.88 Å². The number of benzene rings is 1. The lowest BCUT2D eigenvalue weighted by Gasteiger charge is -2.32. The van der Waals surface area contributed by atoms with Gasteiger partial charge in [0.15, 0.2) is 11.5 Å². The Morgan fingerprint density at radius 3 is 2.65 bits per heavy atom. The molecule has 2 atom stereocenters. The molecule has 2 aromatic rings. The summed E-state index contributed by atoms with van der Waals surface area (Å²) in [5.74, 6) is 0.400. The van der Waals surface area contributed by atoms with E-state index in [2.05, 4.69) is 20.9 Å². The molecule has 2 heterocycles. The lowest BCUT2D eigenvalue weighted by atomic mass is 9.99. The number of rotatable bonds is 6. The number of nitrogens with zero attached hydrogens (tertiary/aromatic N) is 2. The summed E-state index contributed by atoms with van der Waals surface area (Å²) >= 11 is 3.62. The number of carbonyl (C=O) groups is 1. The highest BCUT2D eigenvalue weighted by molar-refractivity contribution is 9.10. The number of carboxylic acid groups (broad SMARTS) is 1. The van der Waals surface area contributed by atoms with Crippen LogP contribution in [0.5, 0.6) is 11.5 Å². The van der Waals surface area contributed by atoms with Gasteiger partial charge in [0.05, 0.1) is 26.0 Å². The van der Waals surface area contributed by atoms with Gasteiger partial charge in [-0.3, -0.25) is 14.7 Å². The third-order valence-electron chi connectivity index (χ3n) is 4.68. The maximum Gasteiger partial charge on any atom is 0.320 e. The summed E-state index contributed by atoms with van der Waals surface area (Å²) in [6.07, 6.45) is 3.19. The molecule has 138 valence electrons. The van der Waals surface area contributed by atoms with Crippen LogP contribution in [0.4, 0.5) is 0 Å². The van der Waals surface area contributed by atoms with Gasteiger partial charge >= 0.3 is 5.97 Å². The molecule has 1 aromatic carbocycles. The first kappa shape index (κ1) is 18.7. The molecule has 1 aromatic heterocycles. The fourth-order valence-electron chi connectivity index (χ4n) is 3.49. The molecule has 0 amide bonds. The minimum Gasteiger partial charge on any atom is -0.493 e. The monoisotopic (exact) mass is 420 g/mol. The Labute approximate surface area is 160 Å². The van der Waals surface area contributed by atoms with E-state index in [-0.39, 0.29) is 6.04 Å². The lowest BCUT2D eigenvalue weighted by Crippen LogP contribution is -2.39. The zero-order chi connectivity index (χ0) is 18.7. The highest BCUT2D eigenvalue weighted by Gasteiger charge is 2.38. The van der Waals surface area contributed by atoms with E-state index >= 15 is 0 Å². The summed E-state index contributed by atoms with van der Waals surface area (Å²) < 4.78 is 11.6. The van der Waals surface area contributed by atoms with Crippen LogP contribution in [-0.4, -0.2) is 47.8 Å². The van der Waals surface area contributed by atoms with Gasteiger partial charge in [0.1, 0.15) is 6.04 Å². The first-order valence-electron chi connectivity index (χ1n) is 8.37. The van der Waals surface area contributed by atoms with Crippen LogP contribution >= 0.6 is 15.9 Å². The summed E-state index contributed by atoms with van der Waals surface area (Å²) in [5.41, 5.74) is 1.70. The Morgan fingerprint density at radius 1 is 1.31 bits per heavy atom. The minimum atomic E-state index is -0.806. The topological polar surface area (TPSA) is 71.9 Å². The maximum atomic E-state index is 11.8. The second-order valence-corrected chi connectivity index (χ2v) is 6.97. The molecule has 1 aliphatic heterocycles. The van der Waals surface area contributed by atoms with Crippen LogP contribution in [0.3, 0.4) is 0 Å². The second kappa shape index (κ2) is 8.05. The SMILES string of the molecule is COc1cc(Br)c(C(c2ccccn2)N2CCCC2C(=O)O)cc1OC. The van der Waals surface area contributed by atoms with Crippen LogP contribution in [-0.2, 0) is 4.79 Å². The zero-order valence-electron chi connectivity index (χ0n) is 14.7. The summed E-state index contributed by atoms with van der Waals surface area (Å²) in [6, 6.07) is 8.58. The predicted octanol–water partition coefficient (Wildman–Crippen LogP) is 3.50. The number of halogens is 1. The zero-order valence-corrected chi connectivity index (χ0v) is 16.3. The van der Waals surface area contributed by atoms with E-state index in [0.29, 0.717) is 24.5 Å². The number of hydrogen-bond acceptors (Lipinski definition) is 5. The van der Waals surface area contributed by atoms with E-state index in [9.17, 15) is 9.90 Å². The van der Waals surface area contributed by atoms with Crippen molar-refractivity contribution in [1.29, 1.82) is 0 Å². The van der Waals surface area contributed by atoms with Crippen molar-refractivity contribution < 1.29 is 19.4 Å². The molecule has 3 rings (SSSR count). The largest absolute Gasteiger partial charge is 0.493 e. The summed E-state index contributed by atoms with van der Waals surface area (Å²) in [6.45, 7) is 0.693. The lowest BCUT2D eigenvalue weighted by molar-refractivity contribution is -0.142. The van der Waals surface area contributed by atoms with Crippen molar-refractivity contribution in [2.45, 2.75) is 24.9 Å². The maximum absolute atomic E-state index is 11.8. The Balaban J connectivity index is 2.14. The Hall–Kier alpha value is -2.12. The van der Waals surface area contributed by atoms with E-state index < -0.39 is 12.0 Å². The van der Waals surface area contributed by atoms with Gasteiger partial charge in [-0.15, -0.1) is 0 Å². The van der Waals surface area contributed by atoms with Crippen molar-refractivity contribution in [2.24, 2.45) is 0 Å². The third-order valence-corrected chi connectivity index (χ3v) is 5.36. The van der Waals surface area contributed by atoms with E-state index in [0.717, 1.165) is 22.2 Å². The molecule has 7 heteroatoms. The van der Waals surface area contributed by atoms with Gasteiger partial charge in [-0.25, -0.2) is 0 Å². The van der Waals surface area contributed by atoms with Gasteiger partial charge in [-0.2, -0.15) is 0 Å². The summed E-state index contributed by atoms with van der Waals surface area (Å²) in [4.78, 5) is 18.3. The second-order valence-electron chi connectivity index (χ2n) is 6.12. The van der Waals surface area contributed by atoms with Crippen LogP contribution in [0.15, 0.2) is 41.0 Å². The number of aliphatic carboxylic acids is 1. The molecule has 0 radical (unpaired) electrons. The molecule has 1 N–H and O–H groups in total. The smallest absolute Gasteiger partial charge is 0.320 e. The predicted molar refractivity (Wildman–Crippen MR) is 101 cm³/mol. The van der Waals surface area contributed by atoms with E-state index in [1.54, 1.807) is 20.4 Å². The third kappa shape index (κ3) is 3.54. The fourth-order valence-corrected chi connectivity index (χ4v) is 4.03. The fraction of sp³-hybridized carbons (Fsp3) is 0.368. The number of methoxy groups -OCH3 is 2. The average molecular weight is 421 g/mol. The Kier molecular flexibility index (Phi) is 5.78. The molecule has 0 spiro atoms. The van der Waals surface area contributed by atoms with Crippen molar-refractivity contribution in [3.05, 3.63) is 52.3 Å². The average Bonchev–Trinajstić information content (AvgIpc) is 3.13. The summed E-state index contributed by atoms with van der Waals surface area (Å²) in [7, 11) is 3.17. The van der Waals surface area contributed by atoms with Crippen LogP contribution in [0.2, 0.25) is 0 Å². The number of likely N-dealkylation sites (tertiary alicyclic amines) is 1. The number of aromatic nitrogens is 1. The van der Waals surface area contributed by atoms with Gasteiger partial charge in [0, 0.05) is 17.2 Å². The van der Waals surface area contributed by atoms with Crippen molar-refractivity contribution in [3.63, 3.8) is 0 Å². The number of ether oxygens (including phenoxy) is 2. The number of carboxylic acids is 1. The first-order valence-corrected chi connectivity index (χ1v) is 9.17. The van der Waals surface area contributed by atoms with Gasteiger partial charge < -0.3 is 14.6 Å². The van der Waals surface area contributed by atoms with Crippen molar-refractivity contribution in [2.75, 3.05) is 20.8 Å². The highest BCUT2D eigenvalue weighted by atomic mass is 79.9. The Bertz CT molecular complexity index is 785. The molecule has 0 bridgehead atoms. The first-order chi connectivity index (χ1) is 12.6. The Morgan fingerprint density at radius 2 is 2.04 bits per heavy atom. The molecule has 2 unspecified atom stereocenters. The molecular formula is C19H21BrN2O4. The van der Waals surface area contributed by atoms with Crippen LogP contribution in [0.25, 0.3) is 0 Å². The van der Waals surface area contributed by atoms with Crippen LogP contribution in [0.1, 0.15) is 30.1 Å². The van der Waals surface area contributed by atoms with Crippen molar-refractivity contribution >= 4 is 21.9 Å². The molecule has 0 aliphatic carbocycles. The number of pyridine rings is 1. The molecule has 26 heavy (non-hydrogen) atoms. The van der Waals surface area contributed by atoms with Crippen molar-refractivity contribution in [3.8, 4) is 11.5 Å². The molecule has 6 nitrogen and oxygen atoms in total. The van der Waals surface area contributed by atoms with Gasteiger partial charge in [0.25, 0.3) is 0 Å². The molecule has 1 aliphatic rings. The standard InChI is InChI=1S/C19H21BrN2O4/c1-25-16-10-12(13(20)11-17(16)26-2)18(14-6-3-4-8-21-14)22-9-5-7-15(22)19(23)24/h3-4,6,8,10-11,15,18H,5,7,9H2,1-2H3,(H,23,24). The normalized spacial score (nSPS) is 18.5. The molecular weight excluding hydrogens is 400 g/mol. The van der Waals surface area contributed by atoms with Crippen LogP contribution in [0, 0.1) is 0 Å². The van der Waals surface area contributed by atoms with Gasteiger partial charge in [-0.1, -0.05) is 22.0 Å². The number of hydrogen-bond donors (Lipinski definition) is 1. The van der Waals surface area contributed by atoms with E-state index in [4.69, 9.17) is 9.47 Å². The molecule has 0 saturated carbocycles. The minimum absolute atomic E-state index is 0.297. The quantitative estimate of drug-likeness (QED) is 0.770. The van der Waals surface area contributed by atoms with E-state index in [1.165, 1.54) is 0 Å².